The van der Waals surface area contributed by atoms with E-state index in [-0.39, 0.29) is 0 Å². The first-order valence-corrected chi connectivity index (χ1v) is 11.2. The summed E-state index contributed by atoms with van der Waals surface area (Å²) >= 11 is 0. The molecule has 0 saturated carbocycles. The second-order valence-corrected chi connectivity index (χ2v) is 8.59. The van der Waals surface area contributed by atoms with Crippen LogP contribution in [0.1, 0.15) is 81.1 Å². The molecule has 0 heteroatoms. The lowest BCUT2D eigenvalue weighted by Crippen LogP contribution is -1.80. The molecule has 0 spiro atoms. The molecule has 164 valence electrons. The summed E-state index contributed by atoms with van der Waals surface area (Å²) in [6.45, 7) is 17.2. The molecule has 0 heterocycles. The van der Waals surface area contributed by atoms with E-state index in [0.29, 0.717) is 0 Å². The molecular formula is C30H44. The molecule has 0 nitrogen and oxygen atoms in total. The van der Waals surface area contributed by atoms with E-state index >= 15 is 0 Å². The van der Waals surface area contributed by atoms with Gasteiger partial charge in [0.1, 0.15) is 0 Å². The van der Waals surface area contributed by atoms with Gasteiger partial charge in [-0.25, -0.2) is 0 Å². The monoisotopic (exact) mass is 404 g/mol. The van der Waals surface area contributed by atoms with Gasteiger partial charge in [-0.1, -0.05) is 106 Å². The lowest BCUT2D eigenvalue weighted by atomic mass is 10.1. The van der Waals surface area contributed by atoms with Crippen molar-refractivity contribution in [3.63, 3.8) is 0 Å². The molecule has 0 bridgehead atoms. The first-order valence-electron chi connectivity index (χ1n) is 11.2. The van der Waals surface area contributed by atoms with Crippen molar-refractivity contribution in [3.05, 3.63) is 106 Å². The van der Waals surface area contributed by atoms with Crippen LogP contribution >= 0.6 is 0 Å². The van der Waals surface area contributed by atoms with Crippen molar-refractivity contribution >= 4 is 0 Å². The highest BCUT2D eigenvalue weighted by molar-refractivity contribution is 5.30. The third kappa shape index (κ3) is 19.0. The number of allylic oxidation sites excluding steroid dienone is 18. The Labute approximate surface area is 187 Å². The lowest BCUT2D eigenvalue weighted by Gasteiger charge is -2.00. The molecular weight excluding hydrogens is 360 g/mol. The zero-order chi connectivity index (χ0) is 22.8. The van der Waals surface area contributed by atoms with Gasteiger partial charge in [0, 0.05) is 0 Å². The van der Waals surface area contributed by atoms with Gasteiger partial charge in [0.15, 0.2) is 0 Å². The molecule has 0 saturated heterocycles. The SMILES string of the molecule is CC(C)=C/C=C/C(C)=C/C=C/C(C)=C/C=C/C=C(\C)CC/C=C(\C)CCC=C(C)C. The van der Waals surface area contributed by atoms with Gasteiger partial charge in [-0.15, -0.1) is 0 Å². The quantitative estimate of drug-likeness (QED) is 0.224. The molecule has 0 aromatic carbocycles. The fourth-order valence-corrected chi connectivity index (χ4v) is 2.60. The average molecular weight is 405 g/mol. The minimum Gasteiger partial charge on any atom is -0.0856 e. The van der Waals surface area contributed by atoms with E-state index in [0.717, 1.165) is 19.3 Å². The summed E-state index contributed by atoms with van der Waals surface area (Å²) in [5.74, 6) is 0. The van der Waals surface area contributed by atoms with Crippen LogP contribution in [-0.2, 0) is 0 Å². The van der Waals surface area contributed by atoms with Crippen LogP contribution in [0.4, 0.5) is 0 Å². The van der Waals surface area contributed by atoms with E-state index in [1.54, 1.807) is 0 Å². The van der Waals surface area contributed by atoms with Crippen LogP contribution in [0.5, 0.6) is 0 Å². The Kier molecular flexibility index (Phi) is 16.1. The Morgan fingerprint density at radius 1 is 0.467 bits per heavy atom. The maximum Gasteiger partial charge on any atom is -0.0285 e. The smallest absolute Gasteiger partial charge is 0.0285 e. The molecule has 0 aliphatic carbocycles. The van der Waals surface area contributed by atoms with Gasteiger partial charge in [-0.05, 0) is 81.1 Å². The molecule has 0 N–H and O–H groups in total. The zero-order valence-corrected chi connectivity index (χ0v) is 20.8. The summed E-state index contributed by atoms with van der Waals surface area (Å²) in [4.78, 5) is 0. The third-order valence-corrected chi connectivity index (χ3v) is 4.48. The van der Waals surface area contributed by atoms with Crippen LogP contribution in [0, 0.1) is 0 Å². The maximum absolute atomic E-state index is 2.39. The van der Waals surface area contributed by atoms with Gasteiger partial charge < -0.3 is 0 Å². The highest BCUT2D eigenvalue weighted by Crippen LogP contribution is 2.11. The summed E-state index contributed by atoms with van der Waals surface area (Å²) in [6.07, 6.45) is 30.6. The van der Waals surface area contributed by atoms with E-state index in [2.05, 4.69) is 128 Å². The van der Waals surface area contributed by atoms with Gasteiger partial charge in [0.05, 0.1) is 0 Å². The van der Waals surface area contributed by atoms with Gasteiger partial charge >= 0.3 is 0 Å². The van der Waals surface area contributed by atoms with Crippen LogP contribution in [0.3, 0.4) is 0 Å². The Balaban J connectivity index is 4.43. The van der Waals surface area contributed by atoms with Crippen molar-refractivity contribution in [2.45, 2.75) is 81.1 Å². The normalized spacial score (nSPS) is 14.3. The van der Waals surface area contributed by atoms with Crippen molar-refractivity contribution < 1.29 is 0 Å². The first kappa shape index (κ1) is 27.7. The van der Waals surface area contributed by atoms with E-state index < -0.39 is 0 Å². The van der Waals surface area contributed by atoms with Crippen LogP contribution in [0.15, 0.2) is 106 Å². The summed E-state index contributed by atoms with van der Waals surface area (Å²) in [5, 5.41) is 0. The average Bonchev–Trinajstić information content (AvgIpc) is 2.64. The molecule has 30 heavy (non-hydrogen) atoms. The molecule has 0 rings (SSSR count). The van der Waals surface area contributed by atoms with Crippen molar-refractivity contribution in [2.24, 2.45) is 0 Å². The van der Waals surface area contributed by atoms with Gasteiger partial charge in [0.25, 0.3) is 0 Å². The number of rotatable bonds is 12. The molecule has 0 aromatic heterocycles. The van der Waals surface area contributed by atoms with E-state index in [1.165, 1.54) is 39.9 Å². The highest BCUT2D eigenvalue weighted by Gasteiger charge is 1.91. The summed E-state index contributed by atoms with van der Waals surface area (Å²) in [7, 11) is 0. The van der Waals surface area contributed by atoms with Crippen molar-refractivity contribution in [1.82, 2.24) is 0 Å². The summed E-state index contributed by atoms with van der Waals surface area (Å²) in [6, 6.07) is 0. The molecule has 0 fully saturated rings. The minimum atomic E-state index is 1.12. The van der Waals surface area contributed by atoms with E-state index in [4.69, 9.17) is 0 Å². The van der Waals surface area contributed by atoms with Crippen molar-refractivity contribution in [1.29, 1.82) is 0 Å². The van der Waals surface area contributed by atoms with Crippen molar-refractivity contribution in [2.75, 3.05) is 0 Å². The molecule has 0 aliphatic rings. The van der Waals surface area contributed by atoms with Crippen LogP contribution in [-0.4, -0.2) is 0 Å². The molecule has 0 radical (unpaired) electrons. The first-order chi connectivity index (χ1) is 14.2. The number of hydrogen-bond donors (Lipinski definition) is 0. The molecule has 0 aromatic rings. The molecule has 0 atom stereocenters. The molecule has 0 aliphatic heterocycles. The van der Waals surface area contributed by atoms with Gasteiger partial charge in [-0.2, -0.15) is 0 Å². The predicted octanol–water partition coefficient (Wildman–Crippen LogP) is 9.93. The summed E-state index contributed by atoms with van der Waals surface area (Å²) < 4.78 is 0. The Morgan fingerprint density at radius 3 is 1.57 bits per heavy atom. The molecule has 0 unspecified atom stereocenters. The maximum atomic E-state index is 2.39. The highest BCUT2D eigenvalue weighted by atomic mass is 14.0. The van der Waals surface area contributed by atoms with Crippen molar-refractivity contribution in [3.8, 4) is 0 Å². The van der Waals surface area contributed by atoms with E-state index in [1.807, 2.05) is 0 Å². The lowest BCUT2D eigenvalue weighted by molar-refractivity contribution is 0.918. The summed E-state index contributed by atoms with van der Waals surface area (Å²) in [5.41, 5.74) is 8.12. The van der Waals surface area contributed by atoms with E-state index in [9.17, 15) is 0 Å². The fourth-order valence-electron chi connectivity index (χ4n) is 2.60. The van der Waals surface area contributed by atoms with Crippen LogP contribution in [0.2, 0.25) is 0 Å². The predicted molar refractivity (Wildman–Crippen MR) is 140 cm³/mol. The van der Waals surface area contributed by atoms with Gasteiger partial charge in [0.2, 0.25) is 0 Å². The van der Waals surface area contributed by atoms with Crippen LogP contribution < -0.4 is 0 Å². The number of hydrogen-bond acceptors (Lipinski definition) is 0. The third-order valence-electron chi connectivity index (χ3n) is 4.48. The Hall–Kier alpha value is -2.34. The topological polar surface area (TPSA) is 0 Å². The Bertz CT molecular complexity index is 757. The van der Waals surface area contributed by atoms with Crippen LogP contribution in [0.25, 0.3) is 0 Å². The zero-order valence-electron chi connectivity index (χ0n) is 20.8. The fraction of sp³-hybridized carbons (Fsp3) is 0.400. The second-order valence-electron chi connectivity index (χ2n) is 8.59. The minimum absolute atomic E-state index is 1.12. The van der Waals surface area contributed by atoms with Gasteiger partial charge in [-0.3, -0.25) is 0 Å². The standard InChI is InChI=1S/C30H44/c1-25(2)15-11-19-29(7)23-13-21-27(5)17-9-10-18-28(6)22-14-24-30(8)20-12-16-26(3)4/h9-11,13,15-19,21,23-24H,12,14,20,22H2,1-8H3/b10-9+,19-11+,21-13+,27-17+,28-18+,29-23+,30-24+. The second kappa shape index (κ2) is 17.5. The molecule has 0 amide bonds. The largest absolute Gasteiger partial charge is 0.0856 e. The Morgan fingerprint density at radius 2 is 0.967 bits per heavy atom.